The lowest BCUT2D eigenvalue weighted by Crippen LogP contribution is -2.46. The van der Waals surface area contributed by atoms with Crippen LogP contribution in [0, 0.1) is 0 Å². The van der Waals surface area contributed by atoms with E-state index in [1.165, 1.54) is 0 Å². The van der Waals surface area contributed by atoms with E-state index in [0.29, 0.717) is 6.04 Å². The second-order valence-electron chi connectivity index (χ2n) is 5.92. The molecule has 1 unspecified atom stereocenters. The lowest BCUT2D eigenvalue weighted by molar-refractivity contribution is 0.178. The van der Waals surface area contributed by atoms with Crippen LogP contribution in [0.1, 0.15) is 34.6 Å². The van der Waals surface area contributed by atoms with Gasteiger partial charge in [0.1, 0.15) is 0 Å². The van der Waals surface area contributed by atoms with Crippen LogP contribution in [0.15, 0.2) is 0 Å². The van der Waals surface area contributed by atoms with Crippen molar-refractivity contribution in [2.24, 2.45) is 0 Å². The van der Waals surface area contributed by atoms with Crippen LogP contribution >= 0.6 is 0 Å². The van der Waals surface area contributed by atoms with E-state index >= 15 is 0 Å². The van der Waals surface area contributed by atoms with Gasteiger partial charge in [-0.15, -0.1) is 0 Å². The quantitative estimate of drug-likeness (QED) is 0.716. The Hall–Kier alpha value is -0.120. The molecule has 0 aromatic carbocycles. The van der Waals surface area contributed by atoms with Crippen molar-refractivity contribution < 1.29 is 0 Å². The van der Waals surface area contributed by atoms with Crippen LogP contribution in [-0.2, 0) is 0 Å². The molecule has 0 aliphatic rings. The van der Waals surface area contributed by atoms with Gasteiger partial charge in [0.25, 0.3) is 0 Å². The van der Waals surface area contributed by atoms with E-state index < -0.39 is 0 Å². The SMILES string of the molecule is CCN(CCNC(C)(C)C)C(C)CN(C)C. The van der Waals surface area contributed by atoms with Crippen molar-refractivity contribution in [3.63, 3.8) is 0 Å². The Balaban J connectivity index is 3.91. The molecule has 0 saturated carbocycles. The van der Waals surface area contributed by atoms with Crippen molar-refractivity contribution >= 4 is 0 Å². The summed E-state index contributed by atoms with van der Waals surface area (Å²) in [5.41, 5.74) is 0.226. The van der Waals surface area contributed by atoms with Gasteiger partial charge in [-0.25, -0.2) is 0 Å². The molecule has 3 nitrogen and oxygen atoms in total. The van der Waals surface area contributed by atoms with Crippen molar-refractivity contribution in [1.82, 2.24) is 15.1 Å². The average Bonchev–Trinajstić information content (AvgIpc) is 2.09. The number of nitrogens with one attached hydrogen (secondary N) is 1. The molecule has 0 radical (unpaired) electrons. The van der Waals surface area contributed by atoms with Gasteiger partial charge >= 0.3 is 0 Å². The summed E-state index contributed by atoms with van der Waals surface area (Å²) in [7, 11) is 4.27. The molecule has 16 heavy (non-hydrogen) atoms. The third-order valence-electron chi connectivity index (χ3n) is 2.71. The first kappa shape index (κ1) is 15.9. The molecule has 98 valence electrons. The highest BCUT2D eigenvalue weighted by atomic mass is 15.2. The molecule has 0 aromatic rings. The lowest BCUT2D eigenvalue weighted by atomic mass is 10.1. The Kier molecular flexibility index (Phi) is 7.20. The molecule has 1 atom stereocenters. The van der Waals surface area contributed by atoms with Gasteiger partial charge in [-0.1, -0.05) is 6.92 Å². The molecule has 0 spiro atoms. The number of likely N-dealkylation sites (N-methyl/N-ethyl adjacent to an activating group) is 2. The molecule has 0 aliphatic heterocycles. The number of hydrogen-bond acceptors (Lipinski definition) is 3. The third-order valence-corrected chi connectivity index (χ3v) is 2.71. The Morgan fingerprint density at radius 1 is 1.19 bits per heavy atom. The van der Waals surface area contributed by atoms with Gasteiger partial charge in [-0.3, -0.25) is 4.90 Å². The van der Waals surface area contributed by atoms with Crippen LogP contribution in [-0.4, -0.2) is 61.7 Å². The highest BCUT2D eigenvalue weighted by Crippen LogP contribution is 2.01. The molecule has 0 bridgehead atoms. The molecule has 0 rings (SSSR count). The van der Waals surface area contributed by atoms with Gasteiger partial charge in [0, 0.05) is 31.2 Å². The average molecular weight is 229 g/mol. The minimum absolute atomic E-state index is 0.226. The Labute approximate surface area is 102 Å². The second kappa shape index (κ2) is 7.25. The fourth-order valence-electron chi connectivity index (χ4n) is 1.91. The molecule has 3 heteroatoms. The molecular formula is C13H31N3. The van der Waals surface area contributed by atoms with Crippen LogP contribution in [0.3, 0.4) is 0 Å². The van der Waals surface area contributed by atoms with Crippen molar-refractivity contribution in [3.05, 3.63) is 0 Å². The van der Waals surface area contributed by atoms with Crippen LogP contribution in [0.4, 0.5) is 0 Å². The van der Waals surface area contributed by atoms with Gasteiger partial charge in [0.2, 0.25) is 0 Å². The highest BCUT2D eigenvalue weighted by molar-refractivity contribution is 4.74. The molecule has 0 aromatic heterocycles. The summed E-state index contributed by atoms with van der Waals surface area (Å²) in [6, 6.07) is 0.627. The smallest absolute Gasteiger partial charge is 0.0195 e. The molecule has 0 amide bonds. The van der Waals surface area contributed by atoms with Gasteiger partial charge in [-0.05, 0) is 48.3 Å². The highest BCUT2D eigenvalue weighted by Gasteiger charge is 2.14. The normalized spacial score (nSPS) is 14.8. The predicted molar refractivity (Wildman–Crippen MR) is 73.0 cm³/mol. The zero-order valence-corrected chi connectivity index (χ0v) is 12.3. The molecule has 1 N–H and O–H groups in total. The number of nitrogens with zero attached hydrogens (tertiary/aromatic N) is 2. The second-order valence-corrected chi connectivity index (χ2v) is 5.92. The monoisotopic (exact) mass is 229 g/mol. The molecule has 0 saturated heterocycles. The minimum Gasteiger partial charge on any atom is -0.311 e. The van der Waals surface area contributed by atoms with E-state index in [9.17, 15) is 0 Å². The van der Waals surface area contributed by atoms with Crippen LogP contribution < -0.4 is 5.32 Å². The zero-order valence-electron chi connectivity index (χ0n) is 12.3. The van der Waals surface area contributed by atoms with Gasteiger partial charge in [-0.2, -0.15) is 0 Å². The van der Waals surface area contributed by atoms with E-state index in [2.05, 4.69) is 63.8 Å². The predicted octanol–water partition coefficient (Wildman–Crippen LogP) is 1.65. The summed E-state index contributed by atoms with van der Waals surface area (Å²) in [6.07, 6.45) is 0. The fraction of sp³-hybridized carbons (Fsp3) is 1.00. The first-order chi connectivity index (χ1) is 7.26. The largest absolute Gasteiger partial charge is 0.311 e. The van der Waals surface area contributed by atoms with E-state index in [1.807, 2.05) is 0 Å². The molecule has 0 aliphatic carbocycles. The van der Waals surface area contributed by atoms with Gasteiger partial charge < -0.3 is 10.2 Å². The first-order valence-electron chi connectivity index (χ1n) is 6.40. The first-order valence-corrected chi connectivity index (χ1v) is 6.40. The summed E-state index contributed by atoms with van der Waals surface area (Å²) < 4.78 is 0. The van der Waals surface area contributed by atoms with E-state index in [-0.39, 0.29) is 5.54 Å². The minimum atomic E-state index is 0.226. The fourth-order valence-corrected chi connectivity index (χ4v) is 1.91. The Bertz CT molecular complexity index is 173. The number of hydrogen-bond donors (Lipinski definition) is 1. The van der Waals surface area contributed by atoms with Gasteiger partial charge in [0.15, 0.2) is 0 Å². The summed E-state index contributed by atoms with van der Waals surface area (Å²) >= 11 is 0. The van der Waals surface area contributed by atoms with E-state index in [4.69, 9.17) is 0 Å². The van der Waals surface area contributed by atoms with Crippen molar-refractivity contribution in [1.29, 1.82) is 0 Å². The standard InChI is InChI=1S/C13H31N3/c1-8-16(12(2)11-15(6)7)10-9-14-13(3,4)5/h12,14H,8-11H2,1-7H3. The van der Waals surface area contributed by atoms with Crippen LogP contribution in [0.5, 0.6) is 0 Å². The van der Waals surface area contributed by atoms with Crippen molar-refractivity contribution in [3.8, 4) is 0 Å². The maximum atomic E-state index is 3.54. The molecular weight excluding hydrogens is 198 g/mol. The Morgan fingerprint density at radius 3 is 2.12 bits per heavy atom. The van der Waals surface area contributed by atoms with Crippen LogP contribution in [0.25, 0.3) is 0 Å². The maximum Gasteiger partial charge on any atom is 0.0195 e. The molecule has 0 heterocycles. The topological polar surface area (TPSA) is 18.5 Å². The van der Waals surface area contributed by atoms with Crippen LogP contribution in [0.2, 0.25) is 0 Å². The summed E-state index contributed by atoms with van der Waals surface area (Å²) in [5, 5.41) is 3.54. The molecule has 0 fully saturated rings. The summed E-state index contributed by atoms with van der Waals surface area (Å²) in [5.74, 6) is 0. The maximum absolute atomic E-state index is 3.54. The number of rotatable bonds is 7. The van der Waals surface area contributed by atoms with E-state index in [1.54, 1.807) is 0 Å². The summed E-state index contributed by atoms with van der Waals surface area (Å²) in [6.45, 7) is 15.6. The summed E-state index contributed by atoms with van der Waals surface area (Å²) in [4.78, 5) is 4.78. The zero-order chi connectivity index (χ0) is 12.8. The van der Waals surface area contributed by atoms with Gasteiger partial charge in [0.05, 0.1) is 0 Å². The van der Waals surface area contributed by atoms with Crippen molar-refractivity contribution in [2.45, 2.75) is 46.2 Å². The third kappa shape index (κ3) is 8.08. The Morgan fingerprint density at radius 2 is 1.75 bits per heavy atom. The van der Waals surface area contributed by atoms with E-state index in [0.717, 1.165) is 26.2 Å². The van der Waals surface area contributed by atoms with Crippen molar-refractivity contribution in [2.75, 3.05) is 40.3 Å². The lowest BCUT2D eigenvalue weighted by Gasteiger charge is -2.31.